The molecule has 4 rings (SSSR count). The lowest BCUT2D eigenvalue weighted by Crippen LogP contribution is -2.51. The van der Waals surface area contributed by atoms with Crippen LogP contribution >= 0.6 is 0 Å². The molecule has 0 saturated heterocycles. The van der Waals surface area contributed by atoms with Gasteiger partial charge in [-0.3, -0.25) is 9.48 Å². The SMILES string of the molecule is Cc1noc(C)c1-c1c2c(nn1C)[C@@]1(C)C=C(C#N)C(=O)C(C)(C)C1CC2. The Hall–Kier alpha value is -2.68. The molecule has 1 unspecified atom stereocenters. The van der Waals surface area contributed by atoms with Gasteiger partial charge in [0.05, 0.1) is 28.2 Å². The van der Waals surface area contributed by atoms with Crippen LogP contribution < -0.4 is 0 Å². The number of fused-ring (bicyclic) bond motifs is 3. The largest absolute Gasteiger partial charge is 0.361 e. The van der Waals surface area contributed by atoms with E-state index < -0.39 is 10.8 Å². The molecule has 27 heavy (non-hydrogen) atoms. The van der Waals surface area contributed by atoms with Crippen LogP contribution in [0.15, 0.2) is 16.2 Å². The van der Waals surface area contributed by atoms with Crippen molar-refractivity contribution >= 4 is 5.78 Å². The van der Waals surface area contributed by atoms with Gasteiger partial charge >= 0.3 is 0 Å². The Bertz CT molecular complexity index is 1030. The van der Waals surface area contributed by atoms with Crippen LogP contribution in [0.25, 0.3) is 11.3 Å². The summed E-state index contributed by atoms with van der Waals surface area (Å²) in [7, 11) is 1.94. The monoisotopic (exact) mass is 364 g/mol. The zero-order chi connectivity index (χ0) is 19.7. The Morgan fingerprint density at radius 2 is 2.04 bits per heavy atom. The van der Waals surface area contributed by atoms with Crippen molar-refractivity contribution in [3.8, 4) is 17.3 Å². The summed E-state index contributed by atoms with van der Waals surface area (Å²) in [5.74, 6) is 0.824. The molecule has 2 atom stereocenters. The molecule has 6 nitrogen and oxygen atoms in total. The summed E-state index contributed by atoms with van der Waals surface area (Å²) in [6.07, 6.45) is 3.57. The first-order valence-electron chi connectivity index (χ1n) is 9.30. The smallest absolute Gasteiger partial charge is 0.178 e. The highest BCUT2D eigenvalue weighted by atomic mass is 16.5. The third kappa shape index (κ3) is 2.14. The van der Waals surface area contributed by atoms with Gasteiger partial charge < -0.3 is 4.52 Å². The van der Waals surface area contributed by atoms with Crippen LogP contribution in [-0.2, 0) is 23.7 Å². The first kappa shape index (κ1) is 17.7. The van der Waals surface area contributed by atoms with Crippen LogP contribution in [0.1, 0.15) is 49.9 Å². The number of nitriles is 1. The molecule has 2 aromatic heterocycles. The zero-order valence-electron chi connectivity index (χ0n) is 16.7. The molecule has 0 radical (unpaired) electrons. The van der Waals surface area contributed by atoms with Crippen LogP contribution in [0.5, 0.6) is 0 Å². The summed E-state index contributed by atoms with van der Waals surface area (Å²) in [4.78, 5) is 12.8. The van der Waals surface area contributed by atoms with Crippen molar-refractivity contribution in [2.24, 2.45) is 18.4 Å². The Labute approximate surface area is 158 Å². The molecular formula is C21H24N4O2. The summed E-state index contributed by atoms with van der Waals surface area (Å²) in [6, 6.07) is 2.12. The van der Waals surface area contributed by atoms with E-state index in [2.05, 4.69) is 18.1 Å². The van der Waals surface area contributed by atoms with Crippen LogP contribution in [0.3, 0.4) is 0 Å². The van der Waals surface area contributed by atoms with Crippen LogP contribution in [0.4, 0.5) is 0 Å². The first-order chi connectivity index (χ1) is 12.6. The highest BCUT2D eigenvalue weighted by molar-refractivity contribution is 6.04. The Morgan fingerprint density at radius 1 is 1.33 bits per heavy atom. The fourth-order valence-electron chi connectivity index (χ4n) is 5.36. The third-order valence-electron chi connectivity index (χ3n) is 6.60. The molecule has 6 heteroatoms. The standard InChI is InChI=1S/C21H24N4O2/c1-11-16(12(2)27-24-11)17-14-7-8-15-20(3,4)19(26)13(10-22)9-21(15,5)18(14)23-25(17)6/h9,15H,7-8H2,1-6H3/t15?,21-/m0/s1. The maximum absolute atomic E-state index is 12.8. The number of hydrogen-bond acceptors (Lipinski definition) is 5. The van der Waals surface area contributed by atoms with E-state index in [1.807, 2.05) is 45.5 Å². The number of rotatable bonds is 1. The van der Waals surface area contributed by atoms with Crippen LogP contribution in [0.2, 0.25) is 0 Å². The van der Waals surface area contributed by atoms with E-state index in [1.165, 1.54) is 5.56 Å². The average Bonchev–Trinajstić information content (AvgIpc) is 3.10. The van der Waals surface area contributed by atoms with Crippen LogP contribution in [-0.4, -0.2) is 20.7 Å². The zero-order valence-corrected chi connectivity index (χ0v) is 16.7. The van der Waals surface area contributed by atoms with E-state index >= 15 is 0 Å². The number of hydrogen-bond donors (Lipinski definition) is 0. The van der Waals surface area contributed by atoms with Gasteiger partial charge in [0.2, 0.25) is 0 Å². The van der Waals surface area contributed by atoms with E-state index in [1.54, 1.807) is 0 Å². The Morgan fingerprint density at radius 3 is 2.63 bits per heavy atom. The molecule has 0 aromatic carbocycles. The fourth-order valence-corrected chi connectivity index (χ4v) is 5.36. The molecule has 0 spiro atoms. The van der Waals surface area contributed by atoms with Crippen molar-refractivity contribution < 1.29 is 9.32 Å². The molecule has 0 fully saturated rings. The lowest BCUT2D eigenvalue weighted by Gasteiger charge is -2.49. The topological polar surface area (TPSA) is 84.7 Å². The number of allylic oxidation sites excluding steroid dienone is 2. The molecule has 2 aromatic rings. The number of Topliss-reactive ketones (excluding diaryl/α,β-unsaturated/α-hetero) is 1. The molecule has 2 heterocycles. The summed E-state index contributed by atoms with van der Waals surface area (Å²) < 4.78 is 7.28. The highest BCUT2D eigenvalue weighted by Crippen LogP contribution is 2.55. The lowest BCUT2D eigenvalue weighted by molar-refractivity contribution is -0.128. The molecule has 0 bridgehead atoms. The van der Waals surface area contributed by atoms with Crippen molar-refractivity contribution in [3.05, 3.63) is 34.4 Å². The summed E-state index contributed by atoms with van der Waals surface area (Å²) >= 11 is 0. The molecule has 0 aliphatic heterocycles. The van der Waals surface area contributed by atoms with Gasteiger partial charge in [0.15, 0.2) is 5.78 Å². The predicted octanol–water partition coefficient (Wildman–Crippen LogP) is 3.57. The third-order valence-corrected chi connectivity index (χ3v) is 6.60. The van der Waals surface area contributed by atoms with Gasteiger partial charge in [-0.25, -0.2) is 0 Å². The van der Waals surface area contributed by atoms with E-state index in [0.717, 1.165) is 41.2 Å². The second-order valence-corrected chi connectivity index (χ2v) is 8.59. The minimum Gasteiger partial charge on any atom is -0.361 e. The van der Waals surface area contributed by atoms with Gasteiger partial charge in [0, 0.05) is 23.4 Å². The van der Waals surface area contributed by atoms with E-state index in [9.17, 15) is 10.1 Å². The number of carbonyl (C=O) groups excluding carboxylic acids is 1. The summed E-state index contributed by atoms with van der Waals surface area (Å²) in [5.41, 5.74) is 4.20. The molecular weight excluding hydrogens is 340 g/mol. The number of ketones is 1. The van der Waals surface area contributed by atoms with Crippen molar-refractivity contribution in [2.75, 3.05) is 0 Å². The fraction of sp³-hybridized carbons (Fsp3) is 0.524. The normalized spacial score (nSPS) is 26.2. The minimum absolute atomic E-state index is 0.0576. The van der Waals surface area contributed by atoms with E-state index in [-0.39, 0.29) is 17.3 Å². The Balaban J connectivity index is 2.00. The number of aromatic nitrogens is 3. The second-order valence-electron chi connectivity index (χ2n) is 8.59. The molecule has 140 valence electrons. The van der Waals surface area contributed by atoms with Gasteiger partial charge in [0.25, 0.3) is 0 Å². The molecule has 2 aliphatic carbocycles. The highest BCUT2D eigenvalue weighted by Gasteiger charge is 2.55. The quantitative estimate of drug-likeness (QED) is 0.772. The van der Waals surface area contributed by atoms with Crippen molar-refractivity contribution in [2.45, 2.75) is 52.9 Å². The number of nitrogens with zero attached hydrogens (tertiary/aromatic N) is 4. The average molecular weight is 364 g/mol. The predicted molar refractivity (Wildman–Crippen MR) is 99.8 cm³/mol. The number of aryl methyl sites for hydroxylation is 3. The Kier molecular flexibility index (Phi) is 3.55. The van der Waals surface area contributed by atoms with E-state index in [4.69, 9.17) is 9.62 Å². The maximum Gasteiger partial charge on any atom is 0.178 e. The second kappa shape index (κ2) is 5.41. The van der Waals surface area contributed by atoms with Gasteiger partial charge in [-0.2, -0.15) is 10.4 Å². The van der Waals surface area contributed by atoms with Crippen LogP contribution in [0, 0.1) is 36.5 Å². The molecule has 0 N–H and O–H groups in total. The molecule has 0 saturated carbocycles. The van der Waals surface area contributed by atoms with Gasteiger partial charge in [-0.05, 0) is 32.6 Å². The summed E-state index contributed by atoms with van der Waals surface area (Å²) in [5, 5.41) is 18.5. The van der Waals surface area contributed by atoms with Gasteiger partial charge in [-0.15, -0.1) is 0 Å². The minimum atomic E-state index is -0.590. The lowest BCUT2D eigenvalue weighted by atomic mass is 9.52. The van der Waals surface area contributed by atoms with Gasteiger partial charge in [-0.1, -0.05) is 32.0 Å². The summed E-state index contributed by atoms with van der Waals surface area (Å²) in [6.45, 7) is 9.90. The van der Waals surface area contributed by atoms with Crippen molar-refractivity contribution in [3.63, 3.8) is 0 Å². The maximum atomic E-state index is 12.8. The first-order valence-corrected chi connectivity index (χ1v) is 9.30. The molecule has 0 amide bonds. The van der Waals surface area contributed by atoms with Crippen molar-refractivity contribution in [1.82, 2.24) is 14.9 Å². The van der Waals surface area contributed by atoms with Gasteiger partial charge in [0.1, 0.15) is 11.8 Å². The number of carbonyl (C=O) groups is 1. The van der Waals surface area contributed by atoms with Crippen molar-refractivity contribution in [1.29, 1.82) is 5.26 Å². The van der Waals surface area contributed by atoms with E-state index in [0.29, 0.717) is 0 Å². The molecule has 2 aliphatic rings.